The Bertz CT molecular complexity index is 424. The molecule has 0 unspecified atom stereocenters. The number of aryl methyl sites for hydroxylation is 1. The quantitative estimate of drug-likeness (QED) is 0.743. The number of rotatable bonds is 1. The number of nitrogens with two attached hydrogens (primary N) is 1. The van der Waals surface area contributed by atoms with Crippen LogP contribution in [0.3, 0.4) is 0 Å². The van der Waals surface area contributed by atoms with Gasteiger partial charge in [-0.15, -0.1) is 5.10 Å². The van der Waals surface area contributed by atoms with Crippen LogP contribution in [-0.4, -0.2) is 14.6 Å². The number of hydrogen-bond acceptors (Lipinski definition) is 5. The molecule has 2 aromatic heterocycles. The topological polar surface area (TPSA) is 64.7 Å². The van der Waals surface area contributed by atoms with E-state index in [4.69, 9.17) is 5.73 Å². The minimum atomic E-state index is 0.657. The van der Waals surface area contributed by atoms with Crippen molar-refractivity contribution < 1.29 is 0 Å². The van der Waals surface area contributed by atoms with Gasteiger partial charge in [-0.05, 0) is 30.1 Å². The predicted molar refractivity (Wildman–Crippen MR) is 52.3 cm³/mol. The lowest BCUT2D eigenvalue weighted by Gasteiger charge is -1.96. The van der Waals surface area contributed by atoms with E-state index in [2.05, 4.69) is 14.6 Å². The van der Waals surface area contributed by atoms with Gasteiger partial charge in [0.1, 0.15) is 5.69 Å². The van der Waals surface area contributed by atoms with E-state index in [0.29, 0.717) is 5.69 Å². The van der Waals surface area contributed by atoms with Crippen LogP contribution in [0.1, 0.15) is 5.56 Å². The first kappa shape index (κ1) is 8.12. The van der Waals surface area contributed by atoms with Crippen molar-refractivity contribution in [2.24, 2.45) is 0 Å². The second kappa shape index (κ2) is 3.10. The van der Waals surface area contributed by atoms with Crippen LogP contribution in [0.2, 0.25) is 0 Å². The lowest BCUT2D eigenvalue weighted by Crippen LogP contribution is -1.89. The first-order valence-electron chi connectivity index (χ1n) is 3.77. The molecule has 0 fully saturated rings. The van der Waals surface area contributed by atoms with Gasteiger partial charge in [0.25, 0.3) is 0 Å². The maximum Gasteiger partial charge on any atom is 0.107 e. The summed E-state index contributed by atoms with van der Waals surface area (Å²) in [5, 5.41) is 7.84. The highest BCUT2D eigenvalue weighted by Crippen LogP contribution is 2.27. The molecule has 2 N–H and O–H groups in total. The van der Waals surface area contributed by atoms with Crippen molar-refractivity contribution in [3.63, 3.8) is 0 Å². The Labute approximate surface area is 79.6 Å². The van der Waals surface area contributed by atoms with E-state index in [-0.39, 0.29) is 0 Å². The molecule has 2 heterocycles. The zero-order chi connectivity index (χ0) is 9.26. The third-order valence-corrected chi connectivity index (χ3v) is 2.46. The molecule has 13 heavy (non-hydrogen) atoms. The molecule has 2 aromatic rings. The Morgan fingerprint density at radius 1 is 1.38 bits per heavy atom. The van der Waals surface area contributed by atoms with Crippen molar-refractivity contribution in [3.8, 4) is 10.6 Å². The zero-order valence-corrected chi connectivity index (χ0v) is 7.88. The maximum atomic E-state index is 5.70. The minimum absolute atomic E-state index is 0.657. The molecule has 2 rings (SSSR count). The molecule has 0 saturated heterocycles. The molecule has 66 valence electrons. The lowest BCUT2D eigenvalue weighted by molar-refractivity contribution is 1.02. The summed E-state index contributed by atoms with van der Waals surface area (Å²) in [4.78, 5) is 0.885. The molecule has 0 spiro atoms. The summed E-state index contributed by atoms with van der Waals surface area (Å²) < 4.78 is 3.98. The fraction of sp³-hybridized carbons (Fsp3) is 0.125. The van der Waals surface area contributed by atoms with E-state index in [1.807, 2.05) is 13.0 Å². The highest BCUT2D eigenvalue weighted by atomic mass is 32.1. The van der Waals surface area contributed by atoms with Crippen LogP contribution < -0.4 is 5.73 Å². The zero-order valence-electron chi connectivity index (χ0n) is 7.06. The molecule has 0 aliphatic carbocycles. The summed E-state index contributed by atoms with van der Waals surface area (Å²) in [6.45, 7) is 1.97. The highest BCUT2D eigenvalue weighted by Gasteiger charge is 2.06. The van der Waals surface area contributed by atoms with Crippen LogP contribution in [0.15, 0.2) is 18.5 Å². The average molecular weight is 192 g/mol. The van der Waals surface area contributed by atoms with E-state index >= 15 is 0 Å². The van der Waals surface area contributed by atoms with Crippen molar-refractivity contribution in [3.05, 3.63) is 24.0 Å². The van der Waals surface area contributed by atoms with Crippen molar-refractivity contribution in [1.29, 1.82) is 0 Å². The molecule has 0 atom stereocenters. The number of nitrogens with zero attached hydrogens (tertiary/aromatic N) is 3. The largest absolute Gasteiger partial charge is 0.396 e. The Hall–Kier alpha value is -1.49. The predicted octanol–water partition coefficient (Wildman–Crippen LogP) is 1.49. The minimum Gasteiger partial charge on any atom is -0.396 e. The highest BCUT2D eigenvalue weighted by molar-refractivity contribution is 7.10. The van der Waals surface area contributed by atoms with Crippen LogP contribution in [0.4, 0.5) is 5.69 Å². The fourth-order valence-corrected chi connectivity index (χ4v) is 1.64. The standard InChI is InChI=1S/C8H8N4S/c1-5-2-7(12-10-3-5)8-6(9)4-11-13-8/h2-4H,9H2,1H3. The van der Waals surface area contributed by atoms with Gasteiger partial charge >= 0.3 is 0 Å². The summed E-state index contributed by atoms with van der Waals surface area (Å²) >= 11 is 1.33. The van der Waals surface area contributed by atoms with E-state index < -0.39 is 0 Å². The van der Waals surface area contributed by atoms with Gasteiger partial charge in [-0.3, -0.25) is 0 Å². The summed E-state index contributed by atoms with van der Waals surface area (Å²) in [5.74, 6) is 0. The van der Waals surface area contributed by atoms with Gasteiger partial charge in [0.15, 0.2) is 0 Å². The molecule has 0 saturated carbocycles. The van der Waals surface area contributed by atoms with Crippen LogP contribution in [0, 0.1) is 6.92 Å². The van der Waals surface area contributed by atoms with Gasteiger partial charge in [0.05, 0.1) is 23.0 Å². The number of anilines is 1. The van der Waals surface area contributed by atoms with Crippen molar-refractivity contribution in [2.45, 2.75) is 6.92 Å². The third-order valence-electron chi connectivity index (χ3n) is 1.62. The molecule has 0 bridgehead atoms. The summed E-state index contributed by atoms with van der Waals surface area (Å²) in [5.41, 5.74) is 8.22. The van der Waals surface area contributed by atoms with Crippen LogP contribution >= 0.6 is 11.5 Å². The van der Waals surface area contributed by atoms with Gasteiger partial charge in [0.2, 0.25) is 0 Å². The van der Waals surface area contributed by atoms with Crippen molar-refractivity contribution in [1.82, 2.24) is 14.6 Å². The van der Waals surface area contributed by atoms with Gasteiger partial charge in [0, 0.05) is 0 Å². The third kappa shape index (κ3) is 1.50. The van der Waals surface area contributed by atoms with Gasteiger partial charge in [-0.2, -0.15) is 9.47 Å². The van der Waals surface area contributed by atoms with Gasteiger partial charge in [-0.25, -0.2) is 0 Å². The molecular formula is C8H8N4S. The molecule has 5 heteroatoms. The molecule has 0 radical (unpaired) electrons. The normalized spacial score (nSPS) is 10.2. The number of aromatic nitrogens is 3. The van der Waals surface area contributed by atoms with Crippen molar-refractivity contribution in [2.75, 3.05) is 5.73 Å². The average Bonchev–Trinajstić information content (AvgIpc) is 2.51. The van der Waals surface area contributed by atoms with Crippen LogP contribution in [-0.2, 0) is 0 Å². The van der Waals surface area contributed by atoms with E-state index in [1.165, 1.54) is 11.5 Å². The fourth-order valence-electron chi connectivity index (χ4n) is 1.02. The Morgan fingerprint density at radius 3 is 2.85 bits per heavy atom. The first-order chi connectivity index (χ1) is 6.27. The maximum absolute atomic E-state index is 5.70. The summed E-state index contributed by atoms with van der Waals surface area (Å²) in [6, 6.07) is 1.94. The molecule has 0 aliphatic heterocycles. The summed E-state index contributed by atoms with van der Waals surface area (Å²) in [7, 11) is 0. The number of nitrogen functional groups attached to an aromatic ring is 1. The summed E-state index contributed by atoms with van der Waals surface area (Å²) in [6.07, 6.45) is 3.34. The van der Waals surface area contributed by atoms with Gasteiger partial charge in [-0.1, -0.05) is 0 Å². The Kier molecular flexibility index (Phi) is 1.94. The Morgan fingerprint density at radius 2 is 2.23 bits per heavy atom. The van der Waals surface area contributed by atoms with E-state index in [9.17, 15) is 0 Å². The van der Waals surface area contributed by atoms with E-state index in [0.717, 1.165) is 16.1 Å². The smallest absolute Gasteiger partial charge is 0.107 e. The molecular weight excluding hydrogens is 184 g/mol. The second-order valence-electron chi connectivity index (χ2n) is 2.73. The number of hydrogen-bond donors (Lipinski definition) is 1. The molecule has 0 amide bonds. The lowest BCUT2D eigenvalue weighted by atomic mass is 10.2. The SMILES string of the molecule is Cc1cnnc(-c2sncc2N)c1. The first-order valence-corrected chi connectivity index (χ1v) is 4.54. The van der Waals surface area contributed by atoms with Gasteiger partial charge < -0.3 is 5.73 Å². The monoisotopic (exact) mass is 192 g/mol. The molecule has 0 aromatic carbocycles. The van der Waals surface area contributed by atoms with Crippen molar-refractivity contribution >= 4 is 17.2 Å². The van der Waals surface area contributed by atoms with Crippen LogP contribution in [0.5, 0.6) is 0 Å². The Balaban J connectivity index is 2.53. The molecule has 4 nitrogen and oxygen atoms in total. The molecule has 0 aliphatic rings. The van der Waals surface area contributed by atoms with Crippen LogP contribution in [0.25, 0.3) is 10.6 Å². The van der Waals surface area contributed by atoms with E-state index in [1.54, 1.807) is 12.4 Å². The second-order valence-corrected chi connectivity index (χ2v) is 3.53.